The van der Waals surface area contributed by atoms with Gasteiger partial charge in [0.2, 0.25) is 0 Å². The first-order valence-electron chi connectivity index (χ1n) is 5.65. The second kappa shape index (κ2) is 6.84. The van der Waals surface area contributed by atoms with Crippen LogP contribution in [0, 0.1) is 16.7 Å². The molecule has 0 N–H and O–H groups in total. The number of nitriles is 1. The SMILES string of the molecule is CCOC(=O)[C@@H](C)OC(=O)O[C@H](C#N)C(C)(C)C. The molecule has 0 aliphatic heterocycles. The first kappa shape index (κ1) is 16.2. The van der Waals surface area contributed by atoms with E-state index in [1.54, 1.807) is 27.7 Å². The maximum Gasteiger partial charge on any atom is 0.510 e. The van der Waals surface area contributed by atoms with Crippen LogP contribution >= 0.6 is 0 Å². The number of nitrogens with zero attached hydrogens (tertiary/aromatic N) is 1. The fourth-order valence-electron chi connectivity index (χ4n) is 0.973. The van der Waals surface area contributed by atoms with Gasteiger partial charge in [-0.15, -0.1) is 0 Å². The van der Waals surface area contributed by atoms with Gasteiger partial charge in [0.15, 0.2) is 12.2 Å². The van der Waals surface area contributed by atoms with Gasteiger partial charge >= 0.3 is 12.1 Å². The predicted octanol–water partition coefficient (Wildman–Crippen LogP) is 2.03. The summed E-state index contributed by atoms with van der Waals surface area (Å²) in [6, 6.07) is 1.86. The lowest BCUT2D eigenvalue weighted by molar-refractivity contribution is -0.154. The second-order valence-electron chi connectivity index (χ2n) is 4.76. The van der Waals surface area contributed by atoms with Gasteiger partial charge in [-0.3, -0.25) is 0 Å². The minimum atomic E-state index is -1.06. The van der Waals surface area contributed by atoms with Crippen LogP contribution in [-0.2, 0) is 19.0 Å². The van der Waals surface area contributed by atoms with Crippen molar-refractivity contribution in [2.45, 2.75) is 46.8 Å². The largest absolute Gasteiger partial charge is 0.510 e. The molecule has 2 atom stereocenters. The van der Waals surface area contributed by atoms with Gasteiger partial charge in [0.25, 0.3) is 0 Å². The standard InChI is InChI=1S/C12H19NO5/c1-6-16-10(14)8(2)17-11(15)18-9(7-13)12(3,4)5/h8-9H,6H2,1-5H3/t8-,9-/m1/s1. The van der Waals surface area contributed by atoms with Crippen LogP contribution in [0.2, 0.25) is 0 Å². The third-order valence-electron chi connectivity index (χ3n) is 2.01. The molecule has 18 heavy (non-hydrogen) atoms. The highest BCUT2D eigenvalue weighted by Gasteiger charge is 2.30. The third kappa shape index (κ3) is 5.53. The lowest BCUT2D eigenvalue weighted by atomic mass is 9.90. The molecule has 0 aromatic rings. The Morgan fingerprint density at radius 3 is 2.22 bits per heavy atom. The van der Waals surface area contributed by atoms with E-state index in [4.69, 9.17) is 14.7 Å². The molecule has 6 heteroatoms. The fourth-order valence-corrected chi connectivity index (χ4v) is 0.973. The zero-order valence-corrected chi connectivity index (χ0v) is 11.4. The highest BCUT2D eigenvalue weighted by molar-refractivity contribution is 5.77. The average molecular weight is 257 g/mol. The Morgan fingerprint density at radius 2 is 1.83 bits per heavy atom. The number of esters is 1. The van der Waals surface area contributed by atoms with E-state index in [-0.39, 0.29) is 6.61 Å². The predicted molar refractivity (Wildman–Crippen MR) is 62.5 cm³/mol. The molecule has 0 rings (SSSR count). The van der Waals surface area contributed by atoms with E-state index in [1.165, 1.54) is 6.92 Å². The minimum Gasteiger partial charge on any atom is -0.463 e. The van der Waals surface area contributed by atoms with Gasteiger partial charge in [0.05, 0.1) is 6.61 Å². The van der Waals surface area contributed by atoms with Crippen molar-refractivity contribution in [3.63, 3.8) is 0 Å². The van der Waals surface area contributed by atoms with Crippen molar-refractivity contribution < 1.29 is 23.8 Å². The Balaban J connectivity index is 4.35. The Bertz CT molecular complexity index is 339. The van der Waals surface area contributed by atoms with E-state index < -0.39 is 29.7 Å². The molecule has 0 fully saturated rings. The van der Waals surface area contributed by atoms with Gasteiger partial charge in [0, 0.05) is 5.41 Å². The van der Waals surface area contributed by atoms with Gasteiger partial charge in [-0.25, -0.2) is 9.59 Å². The van der Waals surface area contributed by atoms with E-state index in [0.717, 1.165) is 0 Å². The minimum absolute atomic E-state index is 0.199. The summed E-state index contributed by atoms with van der Waals surface area (Å²) < 4.78 is 14.2. The lowest BCUT2D eigenvalue weighted by Crippen LogP contribution is -2.33. The number of carbonyl (C=O) groups is 2. The summed E-state index contributed by atoms with van der Waals surface area (Å²) in [5.41, 5.74) is -0.527. The number of hydrogen-bond acceptors (Lipinski definition) is 6. The molecule has 0 aliphatic rings. The summed E-state index contributed by atoms with van der Waals surface area (Å²) in [5, 5.41) is 8.86. The van der Waals surface area contributed by atoms with E-state index in [1.807, 2.05) is 6.07 Å². The van der Waals surface area contributed by atoms with Crippen LogP contribution in [0.15, 0.2) is 0 Å². The molecule has 102 valence electrons. The summed E-state index contributed by atoms with van der Waals surface area (Å²) in [4.78, 5) is 22.6. The zero-order valence-electron chi connectivity index (χ0n) is 11.4. The van der Waals surface area contributed by atoms with Crippen molar-refractivity contribution in [2.75, 3.05) is 6.61 Å². The van der Waals surface area contributed by atoms with Gasteiger partial charge in [0.1, 0.15) is 6.07 Å². The Morgan fingerprint density at radius 1 is 1.28 bits per heavy atom. The number of hydrogen-bond donors (Lipinski definition) is 0. The van der Waals surface area contributed by atoms with E-state index in [9.17, 15) is 9.59 Å². The fraction of sp³-hybridized carbons (Fsp3) is 0.750. The van der Waals surface area contributed by atoms with Crippen LogP contribution in [0.25, 0.3) is 0 Å². The van der Waals surface area contributed by atoms with Crippen LogP contribution in [0.1, 0.15) is 34.6 Å². The van der Waals surface area contributed by atoms with E-state index in [2.05, 4.69) is 4.74 Å². The molecular weight excluding hydrogens is 238 g/mol. The first-order chi connectivity index (χ1) is 8.22. The maximum absolute atomic E-state index is 11.4. The van der Waals surface area contributed by atoms with Crippen molar-refractivity contribution in [1.82, 2.24) is 0 Å². The van der Waals surface area contributed by atoms with Crippen molar-refractivity contribution in [2.24, 2.45) is 5.41 Å². The summed E-state index contributed by atoms with van der Waals surface area (Å²) in [6.45, 7) is 8.48. The average Bonchev–Trinajstić information content (AvgIpc) is 2.24. The third-order valence-corrected chi connectivity index (χ3v) is 2.01. The number of carbonyl (C=O) groups excluding carboxylic acids is 2. The lowest BCUT2D eigenvalue weighted by Gasteiger charge is -2.24. The summed E-state index contributed by atoms with van der Waals surface area (Å²) in [6.07, 6.45) is -3.06. The molecule has 0 saturated carbocycles. The molecule has 0 bridgehead atoms. The summed E-state index contributed by atoms with van der Waals surface area (Å²) in [7, 11) is 0. The van der Waals surface area contributed by atoms with Gasteiger partial charge < -0.3 is 14.2 Å². The molecule has 0 aliphatic carbocycles. The molecular formula is C12H19NO5. The van der Waals surface area contributed by atoms with Crippen molar-refractivity contribution >= 4 is 12.1 Å². The number of rotatable bonds is 4. The molecule has 0 spiro atoms. The molecule has 6 nitrogen and oxygen atoms in total. The van der Waals surface area contributed by atoms with Crippen LogP contribution in [-0.4, -0.2) is 30.9 Å². The van der Waals surface area contributed by atoms with E-state index in [0.29, 0.717) is 0 Å². The molecule has 0 unspecified atom stereocenters. The Kier molecular flexibility index (Phi) is 6.17. The normalized spacial score (nSPS) is 14.0. The van der Waals surface area contributed by atoms with Crippen LogP contribution < -0.4 is 0 Å². The molecule has 0 aromatic carbocycles. The van der Waals surface area contributed by atoms with Gasteiger partial charge in [-0.1, -0.05) is 20.8 Å². The smallest absolute Gasteiger partial charge is 0.463 e. The Hall–Kier alpha value is -1.77. The van der Waals surface area contributed by atoms with Crippen LogP contribution in [0.4, 0.5) is 4.79 Å². The van der Waals surface area contributed by atoms with Crippen molar-refractivity contribution in [1.29, 1.82) is 5.26 Å². The highest BCUT2D eigenvalue weighted by atomic mass is 16.7. The summed E-state index contributed by atoms with van der Waals surface area (Å²) >= 11 is 0. The zero-order chi connectivity index (χ0) is 14.3. The summed E-state index contributed by atoms with van der Waals surface area (Å²) in [5.74, 6) is -0.654. The molecule has 0 radical (unpaired) electrons. The molecule has 0 heterocycles. The number of ether oxygens (including phenoxy) is 3. The Labute approximate surface area is 107 Å². The van der Waals surface area contributed by atoms with Crippen molar-refractivity contribution in [3.05, 3.63) is 0 Å². The molecule has 0 saturated heterocycles. The molecule has 0 aromatic heterocycles. The van der Waals surface area contributed by atoms with Gasteiger partial charge in [-0.2, -0.15) is 5.26 Å². The van der Waals surface area contributed by atoms with Gasteiger partial charge in [-0.05, 0) is 13.8 Å². The first-order valence-corrected chi connectivity index (χ1v) is 5.65. The topological polar surface area (TPSA) is 85.6 Å². The maximum atomic E-state index is 11.4. The monoisotopic (exact) mass is 257 g/mol. The van der Waals surface area contributed by atoms with Crippen LogP contribution in [0.5, 0.6) is 0 Å². The highest BCUT2D eigenvalue weighted by Crippen LogP contribution is 2.22. The second-order valence-corrected chi connectivity index (χ2v) is 4.76. The van der Waals surface area contributed by atoms with E-state index >= 15 is 0 Å². The van der Waals surface area contributed by atoms with Crippen molar-refractivity contribution in [3.8, 4) is 6.07 Å². The quantitative estimate of drug-likeness (QED) is 0.716. The van der Waals surface area contributed by atoms with Crippen LogP contribution in [0.3, 0.4) is 0 Å². The molecule has 0 amide bonds.